The van der Waals surface area contributed by atoms with Crippen molar-refractivity contribution in [2.45, 2.75) is 0 Å². The van der Waals surface area contributed by atoms with Crippen molar-refractivity contribution >= 4 is 65.7 Å². The van der Waals surface area contributed by atoms with Gasteiger partial charge in [-0.1, -0.05) is 162 Å². The summed E-state index contributed by atoms with van der Waals surface area (Å²) in [5.41, 5.74) is 7.17. The molecule has 0 aliphatic carbocycles. The first-order valence-electron chi connectivity index (χ1n) is 23.6. The van der Waals surface area contributed by atoms with Crippen molar-refractivity contribution in [3.63, 3.8) is 0 Å². The van der Waals surface area contributed by atoms with Crippen LogP contribution in [0.2, 0.25) is 0 Å². The van der Waals surface area contributed by atoms with Crippen molar-refractivity contribution in [1.29, 1.82) is 0 Å². The maximum Gasteiger partial charge on any atom is 0.393 e. The SMILES string of the molecule is [2H]c1cc([2H])c2oc3c(-c4cccc(-c5nc(-c6ccccc6)nc(-[n+]6cccc7c8ccccc8n(-c8ccccc8)c76)n5)c4-n4c5ccccc5c5ccccc54)c([2H])c([2H])c([2H])c3c2c1[2H]. The number of benzene rings is 8. The molecule has 5 heterocycles. The van der Waals surface area contributed by atoms with Crippen LogP contribution in [0, 0.1) is 0 Å². The Labute approximate surface area is 369 Å². The van der Waals surface area contributed by atoms with E-state index in [4.69, 9.17) is 23.5 Å². The van der Waals surface area contributed by atoms with E-state index >= 15 is 0 Å². The molecule has 0 saturated heterocycles. The lowest BCUT2D eigenvalue weighted by molar-refractivity contribution is -0.578. The lowest BCUT2D eigenvalue weighted by Gasteiger charge is -2.18. The summed E-state index contributed by atoms with van der Waals surface area (Å²) in [6.07, 6.45) is 1.96. The highest BCUT2D eigenvalue weighted by atomic mass is 16.3. The van der Waals surface area contributed by atoms with Crippen LogP contribution in [0.4, 0.5) is 0 Å². The van der Waals surface area contributed by atoms with Crippen LogP contribution in [0.1, 0.15) is 8.22 Å². The summed E-state index contributed by atoms with van der Waals surface area (Å²) in [6.45, 7) is 0. The Bertz CT molecular complexity index is 4230. The molecule has 5 aromatic heterocycles. The van der Waals surface area contributed by atoms with Gasteiger partial charge in [0.05, 0.1) is 53.3 Å². The lowest BCUT2D eigenvalue weighted by Crippen LogP contribution is -2.36. The zero-order valence-electron chi connectivity index (χ0n) is 39.3. The lowest BCUT2D eigenvalue weighted by atomic mass is 9.97. The second-order valence-corrected chi connectivity index (χ2v) is 15.3. The van der Waals surface area contributed by atoms with E-state index in [1.165, 1.54) is 6.07 Å². The minimum absolute atomic E-state index is 0.00838. The minimum Gasteiger partial charge on any atom is -0.455 e. The second kappa shape index (κ2) is 13.9. The van der Waals surface area contributed by atoms with E-state index in [0.29, 0.717) is 34.4 Å². The molecule has 0 spiro atoms. The molecule has 8 aromatic carbocycles. The number of pyridine rings is 1. The van der Waals surface area contributed by atoms with Gasteiger partial charge in [-0.05, 0) is 54.6 Å². The van der Waals surface area contributed by atoms with Crippen molar-refractivity contribution in [2.24, 2.45) is 0 Å². The summed E-state index contributed by atoms with van der Waals surface area (Å²) >= 11 is 0. The Kier molecular flexibility index (Phi) is 6.53. The monoisotopic (exact) mass is 813 g/mol. The van der Waals surface area contributed by atoms with E-state index < -0.39 is 0 Å². The molecule has 0 aliphatic heterocycles. The molecule has 0 saturated carbocycles. The standard InChI is InChI=1S/C56H35N6O/c1-3-18-36(19-4-1)53-57-54(59-56(58-53)60-35-17-30-45-40-24-9-11-31-47(40)61(55(45)60)37-20-5-2-6-21-37)46-29-15-26-42(44-28-16-27-43-41-25-10-14-34-50(41)63-52(43)44)51(46)62-48-32-12-7-22-38(48)39-23-8-13-33-49(39)62/h1-35H/q+1/i10D,16D,25D,27D,28D,34D. The highest BCUT2D eigenvalue weighted by Gasteiger charge is 2.28. The first-order valence-corrected chi connectivity index (χ1v) is 20.6. The Morgan fingerprint density at radius 1 is 0.444 bits per heavy atom. The highest BCUT2D eigenvalue weighted by Crippen LogP contribution is 2.44. The molecule has 0 fully saturated rings. The fraction of sp³-hybridized carbons (Fsp3) is 0. The molecule has 0 unspecified atom stereocenters. The van der Waals surface area contributed by atoms with Crippen molar-refractivity contribution in [3.05, 3.63) is 212 Å². The third kappa shape index (κ3) is 5.40. The molecule has 7 heteroatoms. The normalized spacial score (nSPS) is 13.1. The molecule has 0 N–H and O–H groups in total. The number of nitrogens with zero attached hydrogens (tertiary/aromatic N) is 6. The van der Waals surface area contributed by atoms with E-state index in [0.717, 1.165) is 55.0 Å². The predicted molar refractivity (Wildman–Crippen MR) is 254 cm³/mol. The third-order valence-electron chi connectivity index (χ3n) is 11.8. The van der Waals surface area contributed by atoms with Gasteiger partial charge < -0.3 is 8.98 Å². The number of para-hydroxylation sites is 7. The van der Waals surface area contributed by atoms with E-state index in [-0.39, 0.29) is 63.8 Å². The number of furan rings is 1. The Hall–Kier alpha value is -8.68. The summed E-state index contributed by atoms with van der Waals surface area (Å²) in [5.74, 6) is 1.10. The van der Waals surface area contributed by atoms with Gasteiger partial charge in [0.1, 0.15) is 11.2 Å². The topological polar surface area (TPSA) is 65.6 Å². The summed E-state index contributed by atoms with van der Waals surface area (Å²) in [5, 5.41) is 4.21. The average molecular weight is 814 g/mol. The molecule has 0 atom stereocenters. The van der Waals surface area contributed by atoms with Crippen LogP contribution < -0.4 is 4.57 Å². The fourth-order valence-corrected chi connectivity index (χ4v) is 9.15. The largest absolute Gasteiger partial charge is 0.455 e. The van der Waals surface area contributed by atoms with Crippen LogP contribution >= 0.6 is 0 Å². The maximum absolute atomic E-state index is 9.65. The van der Waals surface area contributed by atoms with Crippen LogP contribution in [0.25, 0.3) is 117 Å². The number of fused-ring (bicyclic) bond motifs is 9. The first kappa shape index (κ1) is 29.5. The number of hydrogen-bond donors (Lipinski definition) is 0. The first-order chi connectivity index (χ1) is 33.8. The van der Waals surface area contributed by atoms with Crippen molar-refractivity contribution in [2.75, 3.05) is 0 Å². The maximum atomic E-state index is 9.65. The Balaban J connectivity index is 1.19. The number of rotatable bonds is 6. The minimum atomic E-state index is -0.382. The zero-order chi connectivity index (χ0) is 46.7. The van der Waals surface area contributed by atoms with Gasteiger partial charge in [-0.3, -0.25) is 0 Å². The number of hydrogen-bond acceptors (Lipinski definition) is 4. The molecule has 13 aromatic rings. The van der Waals surface area contributed by atoms with Gasteiger partial charge in [0.25, 0.3) is 0 Å². The Morgan fingerprint density at radius 2 is 1.06 bits per heavy atom. The molecule has 0 radical (unpaired) electrons. The summed E-state index contributed by atoms with van der Waals surface area (Å²) in [4.78, 5) is 15.9. The van der Waals surface area contributed by atoms with Gasteiger partial charge in [0.2, 0.25) is 17.3 Å². The van der Waals surface area contributed by atoms with Crippen LogP contribution in [-0.2, 0) is 0 Å². The van der Waals surface area contributed by atoms with E-state index in [1.807, 2.05) is 132 Å². The smallest absolute Gasteiger partial charge is 0.393 e. The van der Waals surface area contributed by atoms with Gasteiger partial charge in [-0.15, -0.1) is 0 Å². The fourth-order valence-electron chi connectivity index (χ4n) is 9.15. The molecule has 294 valence electrons. The van der Waals surface area contributed by atoms with Crippen LogP contribution in [0.5, 0.6) is 0 Å². The van der Waals surface area contributed by atoms with Crippen molar-refractivity contribution in [3.8, 4) is 51.2 Å². The summed E-state index contributed by atoms with van der Waals surface area (Å²) < 4.78 is 67.2. The molecule has 0 amide bonds. The van der Waals surface area contributed by atoms with Gasteiger partial charge >= 0.3 is 5.95 Å². The van der Waals surface area contributed by atoms with Crippen LogP contribution in [0.15, 0.2) is 217 Å². The van der Waals surface area contributed by atoms with Crippen molar-refractivity contribution < 1.29 is 17.2 Å². The summed E-state index contributed by atoms with van der Waals surface area (Å²) in [6, 6.07) is 53.9. The highest BCUT2D eigenvalue weighted by molar-refractivity contribution is 6.13. The number of aromatic nitrogens is 6. The van der Waals surface area contributed by atoms with Gasteiger partial charge in [-0.2, -0.15) is 9.55 Å². The average Bonchev–Trinajstić information content (AvgIpc) is 4.07. The van der Waals surface area contributed by atoms with Gasteiger partial charge in [0, 0.05) is 43.6 Å². The summed E-state index contributed by atoms with van der Waals surface area (Å²) in [7, 11) is 0. The quantitative estimate of drug-likeness (QED) is 0.157. The molecular weight excluding hydrogens is 773 g/mol. The van der Waals surface area contributed by atoms with E-state index in [1.54, 1.807) is 0 Å². The van der Waals surface area contributed by atoms with E-state index in [9.17, 15) is 4.11 Å². The molecular formula is C56H35N6O+. The molecule has 63 heavy (non-hydrogen) atoms. The van der Waals surface area contributed by atoms with Crippen LogP contribution in [0.3, 0.4) is 0 Å². The Morgan fingerprint density at radius 3 is 1.83 bits per heavy atom. The second-order valence-electron chi connectivity index (χ2n) is 15.3. The molecule has 0 aliphatic rings. The van der Waals surface area contributed by atoms with Crippen molar-refractivity contribution in [1.82, 2.24) is 24.1 Å². The van der Waals surface area contributed by atoms with Gasteiger partial charge in [0.15, 0.2) is 0 Å². The van der Waals surface area contributed by atoms with Gasteiger partial charge in [-0.25, -0.2) is 4.57 Å². The predicted octanol–water partition coefficient (Wildman–Crippen LogP) is 13.2. The van der Waals surface area contributed by atoms with E-state index in [2.05, 4.69) is 51.6 Å². The molecule has 13 rings (SSSR count). The molecule has 7 nitrogen and oxygen atoms in total. The van der Waals surface area contributed by atoms with Crippen LogP contribution in [-0.4, -0.2) is 24.1 Å². The molecule has 0 bridgehead atoms. The third-order valence-corrected chi connectivity index (χ3v) is 11.8. The zero-order valence-corrected chi connectivity index (χ0v) is 33.3.